The highest BCUT2D eigenvalue weighted by molar-refractivity contribution is 9.10. The number of fused-ring (bicyclic) bond motifs is 1. The number of carbonyl (C=O) groups is 4. The van der Waals surface area contributed by atoms with Gasteiger partial charge in [0.2, 0.25) is 11.8 Å². The Kier molecular flexibility index (Phi) is 5.60. The van der Waals surface area contributed by atoms with Gasteiger partial charge in [0.15, 0.2) is 0 Å². The highest BCUT2D eigenvalue weighted by Crippen LogP contribution is 2.51. The molecule has 2 amide bonds. The number of hydrogen-bond acceptors (Lipinski definition) is 5. The number of amides is 2. The van der Waals surface area contributed by atoms with Gasteiger partial charge in [0.1, 0.15) is 5.54 Å². The second kappa shape index (κ2) is 7.99. The van der Waals surface area contributed by atoms with Gasteiger partial charge in [0.05, 0.1) is 23.9 Å². The van der Waals surface area contributed by atoms with Crippen LogP contribution in [0.2, 0.25) is 5.02 Å². The molecule has 0 aromatic heterocycles. The van der Waals surface area contributed by atoms with Gasteiger partial charge in [-0.15, -0.1) is 0 Å². The zero-order valence-corrected chi connectivity index (χ0v) is 19.1. The van der Waals surface area contributed by atoms with E-state index in [0.717, 1.165) is 14.9 Å². The number of carbonyl (C=O) groups excluding carboxylic acids is 2. The zero-order valence-electron chi connectivity index (χ0n) is 16.7. The lowest BCUT2D eigenvalue weighted by Crippen LogP contribution is -2.57. The molecule has 2 saturated heterocycles. The third kappa shape index (κ3) is 3.41. The maximum absolute atomic E-state index is 13.5. The van der Waals surface area contributed by atoms with Crippen LogP contribution in [0.4, 0.5) is 5.69 Å². The number of aliphatic carboxylic acids is 2. The average Bonchev–Trinajstić information content (AvgIpc) is 3.19. The Morgan fingerprint density at radius 3 is 2.34 bits per heavy atom. The number of aryl methyl sites for hydroxylation is 1. The number of nitrogens with zero attached hydrogens (tertiary/aromatic N) is 1. The fraction of sp³-hybridized carbons (Fsp3) is 0.273. The Labute approximate surface area is 196 Å². The molecule has 2 aromatic rings. The van der Waals surface area contributed by atoms with E-state index < -0.39 is 53.6 Å². The minimum Gasteiger partial charge on any atom is -0.481 e. The van der Waals surface area contributed by atoms with Crippen LogP contribution in [0, 0.1) is 18.8 Å². The predicted molar refractivity (Wildman–Crippen MR) is 118 cm³/mol. The van der Waals surface area contributed by atoms with Gasteiger partial charge in [-0.3, -0.25) is 24.5 Å². The number of imide groups is 1. The molecular formula is C22H18BrClN2O6. The van der Waals surface area contributed by atoms with Crippen molar-refractivity contribution in [3.05, 3.63) is 63.1 Å². The van der Waals surface area contributed by atoms with Crippen LogP contribution < -0.4 is 10.2 Å². The standard InChI is InChI=1S/C22H18BrClN2O6/c1-10-2-7-13(8-14(10)24)26-19(29)16-17(20(26)30)22(21(31)32,9-15(27)28)25-18(16)11-3-5-12(23)6-4-11/h2-8,16-18,25H,9H2,1H3,(H,27,28)(H,31,32). The van der Waals surface area contributed by atoms with Gasteiger partial charge < -0.3 is 10.2 Å². The summed E-state index contributed by atoms with van der Waals surface area (Å²) in [5.74, 6) is -6.77. The van der Waals surface area contributed by atoms with Crippen molar-refractivity contribution in [2.24, 2.45) is 11.8 Å². The summed E-state index contributed by atoms with van der Waals surface area (Å²) >= 11 is 9.51. The van der Waals surface area contributed by atoms with Gasteiger partial charge in [0.25, 0.3) is 0 Å². The van der Waals surface area contributed by atoms with Crippen molar-refractivity contribution in [3.63, 3.8) is 0 Å². The molecule has 2 fully saturated rings. The molecule has 10 heteroatoms. The molecule has 2 heterocycles. The van der Waals surface area contributed by atoms with Gasteiger partial charge in [-0.1, -0.05) is 45.7 Å². The lowest BCUT2D eigenvalue weighted by atomic mass is 9.77. The van der Waals surface area contributed by atoms with Crippen LogP contribution in [0.3, 0.4) is 0 Å². The van der Waals surface area contributed by atoms with E-state index in [2.05, 4.69) is 21.2 Å². The third-order valence-electron chi connectivity index (χ3n) is 6.11. The molecule has 32 heavy (non-hydrogen) atoms. The number of rotatable bonds is 5. The SMILES string of the molecule is Cc1ccc(N2C(=O)C3C(c4ccc(Br)cc4)NC(CC(=O)O)(C(=O)O)C3C2=O)cc1Cl. The molecular weight excluding hydrogens is 504 g/mol. The Morgan fingerprint density at radius 2 is 1.78 bits per heavy atom. The number of carboxylic acids is 2. The van der Waals surface area contributed by atoms with E-state index in [0.29, 0.717) is 10.6 Å². The van der Waals surface area contributed by atoms with Gasteiger partial charge in [-0.2, -0.15) is 0 Å². The highest BCUT2D eigenvalue weighted by Gasteiger charge is 2.69. The van der Waals surface area contributed by atoms with E-state index in [4.69, 9.17) is 11.6 Å². The van der Waals surface area contributed by atoms with Gasteiger partial charge in [-0.25, -0.2) is 4.90 Å². The summed E-state index contributed by atoms with van der Waals surface area (Å²) < 4.78 is 0.774. The first-order valence-corrected chi connectivity index (χ1v) is 10.9. The zero-order chi connectivity index (χ0) is 23.4. The Hall–Kier alpha value is -2.75. The minimum absolute atomic E-state index is 0.217. The second-order valence-corrected chi connectivity index (χ2v) is 9.29. The molecule has 0 aliphatic carbocycles. The smallest absolute Gasteiger partial charge is 0.325 e. The molecule has 0 spiro atoms. The molecule has 0 bridgehead atoms. The fourth-order valence-electron chi connectivity index (χ4n) is 4.61. The number of anilines is 1. The summed E-state index contributed by atoms with van der Waals surface area (Å²) in [6, 6.07) is 10.6. The van der Waals surface area contributed by atoms with Crippen molar-refractivity contribution in [2.45, 2.75) is 24.9 Å². The summed E-state index contributed by atoms with van der Waals surface area (Å²) in [4.78, 5) is 51.9. The van der Waals surface area contributed by atoms with Crippen molar-refractivity contribution in [1.82, 2.24) is 5.32 Å². The van der Waals surface area contributed by atoms with E-state index in [9.17, 15) is 29.4 Å². The lowest BCUT2D eigenvalue weighted by Gasteiger charge is -2.29. The maximum atomic E-state index is 13.5. The van der Waals surface area contributed by atoms with Crippen LogP contribution in [-0.2, 0) is 19.2 Å². The third-order valence-corrected chi connectivity index (χ3v) is 7.04. The number of nitrogens with one attached hydrogen (secondary N) is 1. The van der Waals surface area contributed by atoms with Crippen molar-refractivity contribution in [1.29, 1.82) is 0 Å². The molecule has 2 aromatic carbocycles. The number of carboxylic acid groups (broad SMARTS) is 2. The molecule has 166 valence electrons. The van der Waals surface area contributed by atoms with Crippen LogP contribution in [-0.4, -0.2) is 39.5 Å². The Morgan fingerprint density at radius 1 is 1.12 bits per heavy atom. The van der Waals surface area contributed by atoms with Crippen molar-refractivity contribution < 1.29 is 29.4 Å². The molecule has 4 atom stereocenters. The van der Waals surface area contributed by atoms with E-state index in [1.54, 1.807) is 43.3 Å². The Bertz CT molecular complexity index is 1150. The first kappa shape index (κ1) is 22.4. The van der Waals surface area contributed by atoms with Crippen LogP contribution in [0.5, 0.6) is 0 Å². The van der Waals surface area contributed by atoms with Crippen LogP contribution in [0.25, 0.3) is 0 Å². The predicted octanol–water partition coefficient (Wildman–Crippen LogP) is 3.16. The molecule has 4 rings (SSSR count). The Balaban J connectivity index is 1.87. The first-order valence-electron chi connectivity index (χ1n) is 9.69. The molecule has 3 N–H and O–H groups in total. The van der Waals surface area contributed by atoms with Gasteiger partial charge >= 0.3 is 11.9 Å². The second-order valence-electron chi connectivity index (χ2n) is 7.97. The highest BCUT2D eigenvalue weighted by atomic mass is 79.9. The van der Waals surface area contributed by atoms with Crippen LogP contribution in [0.1, 0.15) is 23.6 Å². The topological polar surface area (TPSA) is 124 Å². The number of hydrogen-bond donors (Lipinski definition) is 3. The normalized spacial score (nSPS) is 27.0. The van der Waals surface area contributed by atoms with E-state index in [1.807, 2.05) is 0 Å². The maximum Gasteiger partial charge on any atom is 0.325 e. The quantitative estimate of drug-likeness (QED) is 0.516. The van der Waals surface area contributed by atoms with Crippen molar-refractivity contribution in [2.75, 3.05) is 4.90 Å². The molecule has 2 aliphatic heterocycles. The van der Waals surface area contributed by atoms with E-state index in [-0.39, 0.29) is 5.69 Å². The number of benzene rings is 2. The average molecular weight is 522 g/mol. The summed E-state index contributed by atoms with van der Waals surface area (Å²) in [6.45, 7) is 1.77. The molecule has 0 radical (unpaired) electrons. The summed E-state index contributed by atoms with van der Waals surface area (Å²) in [7, 11) is 0. The van der Waals surface area contributed by atoms with Crippen LogP contribution >= 0.6 is 27.5 Å². The summed E-state index contributed by atoms with van der Waals surface area (Å²) in [6.07, 6.45) is -0.863. The minimum atomic E-state index is -2.15. The lowest BCUT2D eigenvalue weighted by molar-refractivity contribution is -0.154. The van der Waals surface area contributed by atoms with Crippen LogP contribution in [0.15, 0.2) is 46.9 Å². The molecule has 2 aliphatic rings. The number of halogens is 2. The van der Waals surface area contributed by atoms with Crippen molar-refractivity contribution in [3.8, 4) is 0 Å². The molecule has 8 nitrogen and oxygen atoms in total. The largest absolute Gasteiger partial charge is 0.481 e. The molecule has 0 saturated carbocycles. The van der Waals surface area contributed by atoms with Gasteiger partial charge in [-0.05, 0) is 42.3 Å². The van der Waals surface area contributed by atoms with Crippen molar-refractivity contribution >= 4 is 57.0 Å². The molecule has 4 unspecified atom stereocenters. The monoisotopic (exact) mass is 520 g/mol. The first-order chi connectivity index (χ1) is 15.1. The van der Waals surface area contributed by atoms with E-state index >= 15 is 0 Å². The fourth-order valence-corrected chi connectivity index (χ4v) is 5.05. The summed E-state index contributed by atoms with van der Waals surface area (Å²) in [5.41, 5.74) is -0.616. The van der Waals surface area contributed by atoms with E-state index in [1.165, 1.54) is 6.07 Å². The summed E-state index contributed by atoms with van der Waals surface area (Å²) in [5, 5.41) is 22.7. The van der Waals surface area contributed by atoms with Gasteiger partial charge in [0, 0.05) is 15.5 Å².